The minimum absolute atomic E-state index is 0.333. The van der Waals surface area contributed by atoms with Gasteiger partial charge in [0.05, 0.1) is 0 Å². The summed E-state index contributed by atoms with van der Waals surface area (Å²) in [6.45, 7) is 10.7. The van der Waals surface area contributed by atoms with Gasteiger partial charge >= 0.3 is 0 Å². The first-order valence-electron chi connectivity index (χ1n) is 6.33. The highest BCUT2D eigenvalue weighted by atomic mass is 32.2. The molecule has 2 aliphatic rings. The van der Waals surface area contributed by atoms with E-state index in [-0.39, 0.29) is 0 Å². The van der Waals surface area contributed by atoms with Crippen molar-refractivity contribution in [2.75, 3.05) is 51.3 Å². The number of rotatable bonds is 2. The number of piperazine rings is 1. The van der Waals surface area contributed by atoms with Crippen molar-refractivity contribution in [3.63, 3.8) is 0 Å². The Morgan fingerprint density at radius 2 is 2.19 bits per heavy atom. The van der Waals surface area contributed by atoms with Crippen molar-refractivity contribution in [3.8, 4) is 0 Å². The fourth-order valence-electron chi connectivity index (χ4n) is 2.55. The summed E-state index contributed by atoms with van der Waals surface area (Å²) < 4.78 is 0. The Balaban J connectivity index is 1.81. The molecular weight excluding hydrogens is 218 g/mol. The van der Waals surface area contributed by atoms with Gasteiger partial charge in [-0.25, -0.2) is 0 Å². The molecule has 0 amide bonds. The summed E-state index contributed by atoms with van der Waals surface area (Å²) >= 11 is 2.09. The molecular formula is C12H25N3S. The quantitative estimate of drug-likeness (QED) is 0.770. The molecule has 1 N–H and O–H groups in total. The minimum atomic E-state index is 0.333. The Kier molecular flexibility index (Phi) is 4.16. The minimum Gasteiger partial charge on any atom is -0.311 e. The molecule has 0 aliphatic carbocycles. The van der Waals surface area contributed by atoms with Crippen molar-refractivity contribution in [2.45, 2.75) is 25.4 Å². The van der Waals surface area contributed by atoms with Gasteiger partial charge in [0.15, 0.2) is 0 Å². The lowest BCUT2D eigenvalue weighted by Gasteiger charge is -2.46. The third-order valence-electron chi connectivity index (χ3n) is 3.87. The molecule has 4 heteroatoms. The van der Waals surface area contributed by atoms with Crippen LogP contribution in [0.15, 0.2) is 0 Å². The third kappa shape index (κ3) is 3.13. The van der Waals surface area contributed by atoms with E-state index in [1.807, 2.05) is 0 Å². The predicted octanol–water partition coefficient (Wildman–Crippen LogP) is 0.717. The summed E-state index contributed by atoms with van der Waals surface area (Å²) in [6, 6.07) is 0.706. The van der Waals surface area contributed by atoms with Crippen LogP contribution in [0.1, 0.15) is 13.8 Å². The maximum Gasteiger partial charge on any atom is 0.0285 e. The van der Waals surface area contributed by atoms with Gasteiger partial charge in [-0.3, -0.25) is 9.80 Å². The molecule has 2 saturated heterocycles. The lowest BCUT2D eigenvalue weighted by atomic mass is 9.99. The molecule has 16 heavy (non-hydrogen) atoms. The van der Waals surface area contributed by atoms with Crippen LogP contribution in [-0.4, -0.2) is 72.7 Å². The Bertz CT molecular complexity index is 226. The molecule has 0 aromatic carbocycles. The van der Waals surface area contributed by atoms with Crippen LogP contribution in [0.2, 0.25) is 0 Å². The van der Waals surface area contributed by atoms with Crippen LogP contribution in [0.5, 0.6) is 0 Å². The number of thioether (sulfide) groups is 1. The monoisotopic (exact) mass is 243 g/mol. The van der Waals surface area contributed by atoms with Crippen molar-refractivity contribution in [1.29, 1.82) is 0 Å². The van der Waals surface area contributed by atoms with Crippen LogP contribution in [0.4, 0.5) is 0 Å². The van der Waals surface area contributed by atoms with Crippen LogP contribution < -0.4 is 5.32 Å². The average molecular weight is 243 g/mol. The summed E-state index contributed by atoms with van der Waals surface area (Å²) in [5, 5.41) is 3.63. The van der Waals surface area contributed by atoms with E-state index in [0.717, 1.165) is 0 Å². The van der Waals surface area contributed by atoms with E-state index in [1.165, 1.54) is 44.2 Å². The van der Waals surface area contributed by atoms with Crippen LogP contribution in [0.25, 0.3) is 0 Å². The first-order valence-corrected chi connectivity index (χ1v) is 7.48. The highest BCUT2D eigenvalue weighted by molar-refractivity contribution is 7.99. The van der Waals surface area contributed by atoms with Crippen LogP contribution >= 0.6 is 11.8 Å². The predicted molar refractivity (Wildman–Crippen MR) is 72.3 cm³/mol. The summed E-state index contributed by atoms with van der Waals surface area (Å²) in [5.41, 5.74) is 0.333. The van der Waals surface area contributed by atoms with Gasteiger partial charge in [0.2, 0.25) is 0 Å². The Hall–Kier alpha value is 0.230. The molecule has 0 radical (unpaired) electrons. The summed E-state index contributed by atoms with van der Waals surface area (Å²) in [5.74, 6) is 2.57. The van der Waals surface area contributed by atoms with Crippen molar-refractivity contribution >= 4 is 11.8 Å². The lowest BCUT2D eigenvalue weighted by Crippen LogP contribution is -2.60. The largest absolute Gasteiger partial charge is 0.311 e. The SMILES string of the molecule is CN1CCN(CC2CSCCN2)CC1(C)C. The molecule has 1 unspecified atom stereocenters. The molecule has 1 atom stereocenters. The van der Waals surface area contributed by atoms with Crippen molar-refractivity contribution in [1.82, 2.24) is 15.1 Å². The molecule has 0 bridgehead atoms. The van der Waals surface area contributed by atoms with E-state index in [2.05, 4.69) is 47.8 Å². The zero-order valence-corrected chi connectivity index (χ0v) is 11.6. The van der Waals surface area contributed by atoms with E-state index >= 15 is 0 Å². The Labute approximate surface area is 104 Å². The van der Waals surface area contributed by atoms with Gasteiger partial charge in [0.1, 0.15) is 0 Å². The molecule has 0 aromatic rings. The number of nitrogens with one attached hydrogen (secondary N) is 1. The summed E-state index contributed by atoms with van der Waals surface area (Å²) in [7, 11) is 2.24. The van der Waals surface area contributed by atoms with E-state index in [0.29, 0.717) is 11.6 Å². The third-order valence-corrected chi connectivity index (χ3v) is 5.00. The topological polar surface area (TPSA) is 18.5 Å². The molecule has 2 fully saturated rings. The fraction of sp³-hybridized carbons (Fsp3) is 1.00. The molecule has 94 valence electrons. The first-order chi connectivity index (χ1) is 7.58. The number of hydrogen-bond donors (Lipinski definition) is 1. The number of likely N-dealkylation sites (N-methyl/N-ethyl adjacent to an activating group) is 1. The number of hydrogen-bond acceptors (Lipinski definition) is 4. The van der Waals surface area contributed by atoms with Crippen LogP contribution in [0, 0.1) is 0 Å². The summed E-state index contributed by atoms with van der Waals surface area (Å²) in [6.07, 6.45) is 0. The van der Waals surface area contributed by atoms with Gasteiger partial charge in [-0.2, -0.15) is 11.8 Å². The van der Waals surface area contributed by atoms with Crippen molar-refractivity contribution in [2.24, 2.45) is 0 Å². The Morgan fingerprint density at radius 3 is 2.81 bits per heavy atom. The maximum atomic E-state index is 3.63. The Morgan fingerprint density at radius 1 is 1.38 bits per heavy atom. The smallest absolute Gasteiger partial charge is 0.0285 e. The van der Waals surface area contributed by atoms with Crippen molar-refractivity contribution in [3.05, 3.63) is 0 Å². The van der Waals surface area contributed by atoms with Gasteiger partial charge in [0, 0.05) is 55.8 Å². The van der Waals surface area contributed by atoms with E-state index in [4.69, 9.17) is 0 Å². The number of nitrogens with zero attached hydrogens (tertiary/aromatic N) is 2. The van der Waals surface area contributed by atoms with Gasteiger partial charge in [-0.1, -0.05) is 0 Å². The second-order valence-electron chi connectivity index (χ2n) is 5.70. The second kappa shape index (κ2) is 5.25. The molecule has 2 aliphatic heterocycles. The van der Waals surface area contributed by atoms with E-state index < -0.39 is 0 Å². The zero-order chi connectivity index (χ0) is 11.6. The standard InChI is InChI=1S/C12H25N3S/c1-12(2)10-15(6-5-14(12)3)8-11-9-16-7-4-13-11/h11,13H,4-10H2,1-3H3. The molecule has 0 aromatic heterocycles. The van der Waals surface area contributed by atoms with E-state index in [1.54, 1.807) is 0 Å². The molecule has 2 rings (SSSR count). The van der Waals surface area contributed by atoms with Gasteiger partial charge in [0.25, 0.3) is 0 Å². The van der Waals surface area contributed by atoms with Crippen LogP contribution in [-0.2, 0) is 0 Å². The van der Waals surface area contributed by atoms with Crippen LogP contribution in [0.3, 0.4) is 0 Å². The normalized spacial score (nSPS) is 32.8. The maximum absolute atomic E-state index is 3.63. The molecule has 0 saturated carbocycles. The second-order valence-corrected chi connectivity index (χ2v) is 6.84. The molecule has 2 heterocycles. The first kappa shape index (κ1) is 12.7. The summed E-state index contributed by atoms with van der Waals surface area (Å²) in [4.78, 5) is 5.11. The van der Waals surface area contributed by atoms with Gasteiger partial charge in [-0.05, 0) is 20.9 Å². The highest BCUT2D eigenvalue weighted by Crippen LogP contribution is 2.19. The lowest BCUT2D eigenvalue weighted by molar-refractivity contribution is 0.0364. The van der Waals surface area contributed by atoms with Gasteiger partial charge in [-0.15, -0.1) is 0 Å². The fourth-order valence-corrected chi connectivity index (χ4v) is 3.48. The van der Waals surface area contributed by atoms with E-state index in [9.17, 15) is 0 Å². The van der Waals surface area contributed by atoms with Crippen molar-refractivity contribution < 1.29 is 0 Å². The average Bonchev–Trinajstić information content (AvgIpc) is 2.25. The van der Waals surface area contributed by atoms with Gasteiger partial charge < -0.3 is 5.32 Å². The molecule has 0 spiro atoms. The zero-order valence-electron chi connectivity index (χ0n) is 10.8. The molecule has 3 nitrogen and oxygen atoms in total. The highest BCUT2D eigenvalue weighted by Gasteiger charge is 2.31.